The van der Waals surface area contributed by atoms with Crippen LogP contribution >= 0.6 is 0 Å². The zero-order valence-corrected chi connectivity index (χ0v) is 17.9. The first-order valence-electron chi connectivity index (χ1n) is 11.5. The van der Waals surface area contributed by atoms with E-state index in [1.165, 1.54) is 83.5 Å². The van der Waals surface area contributed by atoms with Crippen molar-refractivity contribution in [3.05, 3.63) is 11.9 Å². The Bertz CT molecular complexity index is 471. The third kappa shape index (κ3) is 12.6. The first-order valence-corrected chi connectivity index (χ1v) is 11.5. The molecule has 1 aromatic heterocycles. The number of rotatable bonds is 19. The normalized spacial score (nSPS) is 11.0. The summed E-state index contributed by atoms with van der Waals surface area (Å²) in [7, 11) is 0. The van der Waals surface area contributed by atoms with Crippen molar-refractivity contribution in [2.75, 3.05) is 6.61 Å². The molecule has 4 nitrogen and oxygen atoms in total. The Balaban J connectivity index is 1.84. The third-order valence-corrected chi connectivity index (χ3v) is 5.14. The number of aromatic nitrogens is 2. The first kappa shape index (κ1) is 23.7. The Hall–Kier alpha value is -1.32. The second kappa shape index (κ2) is 16.8. The number of nitrogens with one attached hydrogen (secondary N) is 1. The molecule has 0 fully saturated rings. The van der Waals surface area contributed by atoms with Crippen molar-refractivity contribution in [2.45, 2.75) is 117 Å². The van der Waals surface area contributed by atoms with E-state index < -0.39 is 0 Å². The van der Waals surface area contributed by atoms with E-state index in [9.17, 15) is 4.79 Å². The molecule has 1 rings (SSSR count). The molecule has 27 heavy (non-hydrogen) atoms. The van der Waals surface area contributed by atoms with Gasteiger partial charge in [-0.15, -0.1) is 0 Å². The van der Waals surface area contributed by atoms with E-state index in [1.807, 2.05) is 6.92 Å². The minimum atomic E-state index is 0.142. The lowest BCUT2D eigenvalue weighted by molar-refractivity contribution is 0.0974. The zero-order valence-electron chi connectivity index (χ0n) is 17.9. The first-order chi connectivity index (χ1) is 13.3. The molecule has 0 spiro atoms. The number of imidazole rings is 1. The van der Waals surface area contributed by atoms with Gasteiger partial charge in [-0.1, -0.05) is 96.8 Å². The van der Waals surface area contributed by atoms with Gasteiger partial charge in [-0.25, -0.2) is 4.98 Å². The SMILES string of the molecule is CCCCCCCCCCCCCCCCCC(=O)c1cnc(OCC)[nH]1. The molecule has 0 atom stereocenters. The number of unbranched alkanes of at least 4 members (excludes halogenated alkanes) is 14. The fourth-order valence-corrected chi connectivity index (χ4v) is 3.45. The summed E-state index contributed by atoms with van der Waals surface area (Å²) in [5.41, 5.74) is 0.573. The van der Waals surface area contributed by atoms with Crippen LogP contribution in [0, 0.1) is 0 Å². The second-order valence-electron chi connectivity index (χ2n) is 7.66. The van der Waals surface area contributed by atoms with Crippen molar-refractivity contribution < 1.29 is 9.53 Å². The van der Waals surface area contributed by atoms with Crippen LogP contribution in [-0.2, 0) is 0 Å². The maximum absolute atomic E-state index is 12.1. The van der Waals surface area contributed by atoms with E-state index in [2.05, 4.69) is 16.9 Å². The lowest BCUT2D eigenvalue weighted by Gasteiger charge is -2.03. The summed E-state index contributed by atoms with van der Waals surface area (Å²) in [5.74, 6) is 0.142. The zero-order chi connectivity index (χ0) is 19.6. The van der Waals surface area contributed by atoms with Gasteiger partial charge in [0, 0.05) is 6.42 Å². The van der Waals surface area contributed by atoms with Gasteiger partial charge in [-0.05, 0) is 13.3 Å². The Labute approximate surface area is 166 Å². The third-order valence-electron chi connectivity index (χ3n) is 5.14. The fraction of sp³-hybridized carbons (Fsp3) is 0.826. The Morgan fingerprint density at radius 3 is 1.78 bits per heavy atom. The number of Topliss-reactive ketones (excluding diaryl/α,β-unsaturated/α-hetero) is 1. The van der Waals surface area contributed by atoms with Crippen LogP contribution in [0.2, 0.25) is 0 Å². The monoisotopic (exact) mass is 378 g/mol. The Kier molecular flexibility index (Phi) is 14.8. The van der Waals surface area contributed by atoms with E-state index in [0.717, 1.165) is 12.8 Å². The molecular weight excluding hydrogens is 336 g/mol. The predicted molar refractivity (Wildman–Crippen MR) is 114 cm³/mol. The molecule has 1 N–H and O–H groups in total. The van der Waals surface area contributed by atoms with E-state index >= 15 is 0 Å². The smallest absolute Gasteiger partial charge is 0.294 e. The van der Waals surface area contributed by atoms with Crippen LogP contribution in [0.25, 0.3) is 0 Å². The van der Waals surface area contributed by atoms with Crippen molar-refractivity contribution >= 4 is 5.78 Å². The van der Waals surface area contributed by atoms with Crippen LogP contribution in [0.15, 0.2) is 6.20 Å². The van der Waals surface area contributed by atoms with Gasteiger partial charge in [-0.3, -0.25) is 4.79 Å². The molecule has 156 valence electrons. The summed E-state index contributed by atoms with van der Waals surface area (Å²) in [6, 6.07) is 0.442. The van der Waals surface area contributed by atoms with Crippen LogP contribution in [0.5, 0.6) is 6.01 Å². The van der Waals surface area contributed by atoms with Gasteiger partial charge in [0.15, 0.2) is 5.78 Å². The molecule has 0 aliphatic heterocycles. The van der Waals surface area contributed by atoms with Crippen molar-refractivity contribution in [2.24, 2.45) is 0 Å². The van der Waals surface area contributed by atoms with Crippen LogP contribution in [0.4, 0.5) is 0 Å². The van der Waals surface area contributed by atoms with Gasteiger partial charge < -0.3 is 9.72 Å². The highest BCUT2D eigenvalue weighted by Crippen LogP contribution is 2.14. The number of carbonyl (C=O) groups excluding carboxylic acids is 1. The number of ether oxygens (including phenoxy) is 1. The van der Waals surface area contributed by atoms with Crippen molar-refractivity contribution in [3.8, 4) is 6.01 Å². The van der Waals surface area contributed by atoms with E-state index in [-0.39, 0.29) is 5.78 Å². The summed E-state index contributed by atoms with van der Waals surface area (Å²) in [6.45, 7) is 4.74. The molecule has 0 amide bonds. The largest absolute Gasteiger partial charge is 0.465 e. The number of aromatic amines is 1. The lowest BCUT2D eigenvalue weighted by atomic mass is 10.0. The predicted octanol–water partition coefficient (Wildman–Crippen LogP) is 7.25. The number of H-pyrrole nitrogens is 1. The molecule has 0 unspecified atom stereocenters. The van der Waals surface area contributed by atoms with Gasteiger partial charge in [-0.2, -0.15) is 0 Å². The summed E-state index contributed by atoms with van der Waals surface area (Å²) in [4.78, 5) is 19.1. The van der Waals surface area contributed by atoms with Crippen LogP contribution in [0.3, 0.4) is 0 Å². The van der Waals surface area contributed by atoms with Crippen LogP contribution in [-0.4, -0.2) is 22.4 Å². The standard InChI is InChI=1S/C23H42N2O2/c1-3-5-6-7-8-9-10-11-12-13-14-15-16-17-18-19-22(26)21-20-24-23(25-21)27-4-2/h20H,3-19H2,1-2H3,(H,24,25). The van der Waals surface area contributed by atoms with Gasteiger partial charge in [0.25, 0.3) is 6.01 Å². The Morgan fingerprint density at radius 1 is 0.815 bits per heavy atom. The number of hydrogen-bond acceptors (Lipinski definition) is 3. The molecule has 0 saturated carbocycles. The molecule has 0 saturated heterocycles. The van der Waals surface area contributed by atoms with Gasteiger partial charge in [0.1, 0.15) is 5.69 Å². The maximum Gasteiger partial charge on any atom is 0.294 e. The van der Waals surface area contributed by atoms with Crippen LogP contribution in [0.1, 0.15) is 127 Å². The molecular formula is C23H42N2O2. The maximum atomic E-state index is 12.1. The summed E-state index contributed by atoms with van der Waals surface area (Å²) in [5, 5.41) is 0. The molecule has 0 aliphatic carbocycles. The fourth-order valence-electron chi connectivity index (χ4n) is 3.45. The summed E-state index contributed by atoms with van der Waals surface area (Å²) >= 11 is 0. The minimum absolute atomic E-state index is 0.142. The summed E-state index contributed by atoms with van der Waals surface area (Å²) in [6.07, 6.45) is 22.3. The number of hydrogen-bond donors (Lipinski definition) is 1. The van der Waals surface area contributed by atoms with E-state index in [1.54, 1.807) is 6.20 Å². The van der Waals surface area contributed by atoms with Gasteiger partial charge >= 0.3 is 0 Å². The number of carbonyl (C=O) groups is 1. The van der Waals surface area contributed by atoms with Gasteiger partial charge in [0.2, 0.25) is 0 Å². The average molecular weight is 379 g/mol. The average Bonchev–Trinajstić information content (AvgIpc) is 3.14. The van der Waals surface area contributed by atoms with Crippen molar-refractivity contribution in [1.82, 2.24) is 9.97 Å². The molecule has 1 heterocycles. The van der Waals surface area contributed by atoms with E-state index in [0.29, 0.717) is 24.7 Å². The Morgan fingerprint density at radius 2 is 1.30 bits per heavy atom. The quantitative estimate of drug-likeness (QED) is 0.204. The van der Waals surface area contributed by atoms with Crippen molar-refractivity contribution in [1.29, 1.82) is 0 Å². The van der Waals surface area contributed by atoms with Crippen molar-refractivity contribution in [3.63, 3.8) is 0 Å². The molecule has 0 aromatic carbocycles. The number of nitrogens with zero attached hydrogens (tertiary/aromatic N) is 1. The minimum Gasteiger partial charge on any atom is -0.465 e. The number of ketones is 1. The van der Waals surface area contributed by atoms with E-state index in [4.69, 9.17) is 4.74 Å². The van der Waals surface area contributed by atoms with Crippen LogP contribution < -0.4 is 4.74 Å². The lowest BCUT2D eigenvalue weighted by Crippen LogP contribution is -2.00. The van der Waals surface area contributed by atoms with Gasteiger partial charge in [0.05, 0.1) is 12.8 Å². The highest BCUT2D eigenvalue weighted by molar-refractivity contribution is 5.94. The molecule has 0 radical (unpaired) electrons. The topological polar surface area (TPSA) is 55.0 Å². The highest BCUT2D eigenvalue weighted by atomic mass is 16.5. The molecule has 0 bridgehead atoms. The second-order valence-corrected chi connectivity index (χ2v) is 7.66. The summed E-state index contributed by atoms with van der Waals surface area (Å²) < 4.78 is 5.25. The highest BCUT2D eigenvalue weighted by Gasteiger charge is 2.09. The molecule has 4 heteroatoms. The molecule has 1 aromatic rings. The molecule has 0 aliphatic rings.